The highest BCUT2D eigenvalue weighted by Crippen LogP contribution is 2.32. The van der Waals surface area contributed by atoms with Gasteiger partial charge in [-0.2, -0.15) is 0 Å². The Morgan fingerprint density at radius 3 is 2.53 bits per heavy atom. The Balaban J connectivity index is 2.12. The van der Waals surface area contributed by atoms with Gasteiger partial charge in [-0.25, -0.2) is 0 Å². The maximum atomic E-state index is 5.75. The number of halogens is 1. The fourth-order valence-electron chi connectivity index (χ4n) is 1.68. The van der Waals surface area contributed by atoms with Crippen molar-refractivity contribution in [1.82, 2.24) is 5.16 Å². The third-order valence-corrected chi connectivity index (χ3v) is 2.66. The van der Waals surface area contributed by atoms with E-state index in [2.05, 4.69) is 5.16 Å². The number of hydrogen-bond donors (Lipinski definition) is 0. The highest BCUT2D eigenvalue weighted by Gasteiger charge is 2.15. The van der Waals surface area contributed by atoms with E-state index in [1.807, 2.05) is 30.3 Å². The molecule has 3 aromatic rings. The molecule has 2 aromatic heterocycles. The summed E-state index contributed by atoms with van der Waals surface area (Å²) in [5.74, 6) is 0.600. The van der Waals surface area contributed by atoms with E-state index < -0.39 is 0 Å². The van der Waals surface area contributed by atoms with E-state index in [0.29, 0.717) is 16.7 Å². The molecule has 0 atom stereocenters. The van der Waals surface area contributed by atoms with Gasteiger partial charge in [0.25, 0.3) is 0 Å². The van der Waals surface area contributed by atoms with Gasteiger partial charge in [0, 0.05) is 0 Å². The van der Waals surface area contributed by atoms with Gasteiger partial charge in [-0.3, -0.25) is 0 Å². The van der Waals surface area contributed by atoms with Crippen molar-refractivity contribution in [2.45, 2.75) is 0 Å². The van der Waals surface area contributed by atoms with Crippen molar-refractivity contribution >= 4 is 11.6 Å². The van der Waals surface area contributed by atoms with Crippen LogP contribution in [-0.2, 0) is 0 Å². The lowest BCUT2D eigenvalue weighted by Gasteiger charge is -1.97. The van der Waals surface area contributed by atoms with Gasteiger partial charge in [0.2, 0.25) is 0 Å². The molecule has 17 heavy (non-hydrogen) atoms. The second-order valence-corrected chi connectivity index (χ2v) is 3.92. The molecule has 84 valence electrons. The predicted molar refractivity (Wildman–Crippen MR) is 64.7 cm³/mol. The van der Waals surface area contributed by atoms with Crippen molar-refractivity contribution in [2.75, 3.05) is 0 Å². The third kappa shape index (κ3) is 1.85. The summed E-state index contributed by atoms with van der Waals surface area (Å²) in [6, 6.07) is 13.3. The van der Waals surface area contributed by atoms with E-state index in [9.17, 15) is 0 Å². The van der Waals surface area contributed by atoms with Gasteiger partial charge in [-0.15, -0.1) is 0 Å². The highest BCUT2D eigenvalue weighted by atomic mass is 35.5. The lowest BCUT2D eigenvalue weighted by molar-refractivity contribution is 0.419. The van der Waals surface area contributed by atoms with Crippen molar-refractivity contribution in [3.63, 3.8) is 0 Å². The number of aromatic nitrogens is 1. The summed E-state index contributed by atoms with van der Waals surface area (Å²) in [5, 5.41) is 4.28. The maximum absolute atomic E-state index is 5.75. The first-order valence-corrected chi connectivity index (χ1v) is 5.48. The molecular weight excluding hydrogens is 238 g/mol. The van der Waals surface area contributed by atoms with Crippen molar-refractivity contribution in [3.05, 3.63) is 53.9 Å². The molecule has 4 heteroatoms. The molecule has 0 aliphatic carbocycles. The Morgan fingerprint density at radius 2 is 1.82 bits per heavy atom. The lowest BCUT2D eigenvalue weighted by Crippen LogP contribution is -1.79. The third-order valence-electron chi connectivity index (χ3n) is 2.46. The number of rotatable bonds is 2. The normalized spacial score (nSPS) is 10.6. The summed E-state index contributed by atoms with van der Waals surface area (Å²) in [7, 11) is 0. The molecule has 0 saturated heterocycles. The van der Waals surface area contributed by atoms with E-state index in [0.717, 1.165) is 11.1 Å². The monoisotopic (exact) mass is 245 g/mol. The molecule has 0 N–H and O–H groups in total. The van der Waals surface area contributed by atoms with Crippen LogP contribution < -0.4 is 0 Å². The number of benzene rings is 1. The minimum absolute atomic E-state index is 0.335. The average molecular weight is 246 g/mol. The van der Waals surface area contributed by atoms with Crippen molar-refractivity contribution in [2.24, 2.45) is 0 Å². The minimum Gasteiger partial charge on any atom is -0.443 e. The van der Waals surface area contributed by atoms with Crippen LogP contribution in [0.15, 0.2) is 57.7 Å². The zero-order valence-corrected chi connectivity index (χ0v) is 9.52. The minimum atomic E-state index is 0.335. The molecule has 3 rings (SSSR count). The summed E-state index contributed by atoms with van der Waals surface area (Å²) in [5.41, 5.74) is 2.57. The molecule has 0 amide bonds. The van der Waals surface area contributed by atoms with Crippen LogP contribution in [0.3, 0.4) is 0 Å². The Labute approximate surface area is 103 Å². The molecule has 3 nitrogen and oxygen atoms in total. The molecule has 0 radical (unpaired) electrons. The van der Waals surface area contributed by atoms with Crippen molar-refractivity contribution in [3.8, 4) is 22.6 Å². The molecule has 0 spiro atoms. The van der Waals surface area contributed by atoms with Crippen LogP contribution in [0.5, 0.6) is 0 Å². The largest absolute Gasteiger partial charge is 0.443 e. The van der Waals surface area contributed by atoms with Crippen LogP contribution in [0, 0.1) is 0 Å². The summed E-state index contributed by atoms with van der Waals surface area (Å²) >= 11 is 5.75. The van der Waals surface area contributed by atoms with E-state index in [1.165, 1.54) is 0 Å². The smallest absolute Gasteiger partial charge is 0.194 e. The SMILES string of the molecule is Clc1ccc(-c2nocc2-c2ccccc2)o1. The first-order chi connectivity index (χ1) is 8.34. The highest BCUT2D eigenvalue weighted by molar-refractivity contribution is 6.29. The lowest BCUT2D eigenvalue weighted by atomic mass is 10.1. The number of nitrogens with zero attached hydrogens (tertiary/aromatic N) is 1. The number of furan rings is 1. The molecule has 0 unspecified atom stereocenters. The van der Waals surface area contributed by atoms with E-state index >= 15 is 0 Å². The molecule has 0 fully saturated rings. The van der Waals surface area contributed by atoms with Gasteiger partial charge < -0.3 is 8.94 Å². The average Bonchev–Trinajstić information content (AvgIpc) is 2.98. The molecule has 0 aliphatic heterocycles. The fourth-order valence-corrected chi connectivity index (χ4v) is 1.82. The topological polar surface area (TPSA) is 39.2 Å². The molecule has 0 bridgehead atoms. The quantitative estimate of drug-likeness (QED) is 0.677. The van der Waals surface area contributed by atoms with Crippen LogP contribution in [0.4, 0.5) is 0 Å². The second kappa shape index (κ2) is 4.11. The first kappa shape index (κ1) is 10.2. The van der Waals surface area contributed by atoms with Crippen LogP contribution in [0.2, 0.25) is 5.22 Å². The van der Waals surface area contributed by atoms with Crippen molar-refractivity contribution in [1.29, 1.82) is 0 Å². The standard InChI is InChI=1S/C13H8ClNO2/c14-12-7-6-11(17-12)13-10(8-16-15-13)9-4-2-1-3-5-9/h1-8H. The van der Waals surface area contributed by atoms with Crippen molar-refractivity contribution < 1.29 is 8.94 Å². The molecule has 0 aliphatic rings. The van der Waals surface area contributed by atoms with Crippen LogP contribution in [0.25, 0.3) is 22.6 Å². The maximum Gasteiger partial charge on any atom is 0.194 e. The summed E-state index contributed by atoms with van der Waals surface area (Å²) < 4.78 is 10.3. The summed E-state index contributed by atoms with van der Waals surface area (Å²) in [6.07, 6.45) is 1.60. The van der Waals surface area contributed by atoms with Gasteiger partial charge in [0.05, 0.1) is 5.56 Å². The molecule has 1 aromatic carbocycles. The van der Waals surface area contributed by atoms with Gasteiger partial charge in [0.1, 0.15) is 6.26 Å². The summed E-state index contributed by atoms with van der Waals surface area (Å²) in [4.78, 5) is 0. The van der Waals surface area contributed by atoms with Gasteiger partial charge in [0.15, 0.2) is 16.7 Å². The Morgan fingerprint density at radius 1 is 1.00 bits per heavy atom. The van der Waals surface area contributed by atoms with Crippen LogP contribution in [0.1, 0.15) is 0 Å². The summed E-state index contributed by atoms with van der Waals surface area (Å²) in [6.45, 7) is 0. The van der Waals surface area contributed by atoms with Crippen LogP contribution >= 0.6 is 11.6 Å². The van der Waals surface area contributed by atoms with E-state index in [1.54, 1.807) is 18.4 Å². The van der Waals surface area contributed by atoms with Crippen LogP contribution in [-0.4, -0.2) is 5.16 Å². The van der Waals surface area contributed by atoms with E-state index in [4.69, 9.17) is 20.5 Å². The molecular formula is C13H8ClNO2. The van der Waals surface area contributed by atoms with E-state index in [-0.39, 0.29) is 0 Å². The predicted octanol–water partition coefficient (Wildman–Crippen LogP) is 4.26. The van der Waals surface area contributed by atoms with Gasteiger partial charge in [-0.1, -0.05) is 35.5 Å². The molecule has 2 heterocycles. The first-order valence-electron chi connectivity index (χ1n) is 5.10. The van der Waals surface area contributed by atoms with Gasteiger partial charge >= 0.3 is 0 Å². The number of hydrogen-bond acceptors (Lipinski definition) is 3. The molecule has 0 saturated carbocycles. The Hall–Kier alpha value is -2.00. The Kier molecular flexibility index (Phi) is 2.46. The zero-order chi connectivity index (χ0) is 11.7. The Bertz CT molecular complexity index is 628. The second-order valence-electron chi connectivity index (χ2n) is 3.55. The zero-order valence-electron chi connectivity index (χ0n) is 8.76. The van der Waals surface area contributed by atoms with Gasteiger partial charge in [-0.05, 0) is 29.3 Å². The fraction of sp³-hybridized carbons (Fsp3) is 0.